The fourth-order valence-electron chi connectivity index (χ4n) is 2.16. The maximum atomic E-state index is 11.5. The van der Waals surface area contributed by atoms with Crippen molar-refractivity contribution in [2.45, 2.75) is 19.4 Å². The van der Waals surface area contributed by atoms with Crippen LogP contribution in [0.5, 0.6) is 0 Å². The van der Waals surface area contributed by atoms with Crippen molar-refractivity contribution in [3.8, 4) is 0 Å². The predicted octanol–water partition coefficient (Wildman–Crippen LogP) is 1.06. The van der Waals surface area contributed by atoms with Crippen LogP contribution in [-0.2, 0) is 4.74 Å². The largest absolute Gasteiger partial charge is 0.464 e. The van der Waals surface area contributed by atoms with Crippen LogP contribution in [0, 0.1) is 0 Å². The van der Waals surface area contributed by atoms with E-state index in [-0.39, 0.29) is 0 Å². The second-order valence-corrected chi connectivity index (χ2v) is 4.47. The number of carbonyl (C=O) groups excluding carboxylic acids is 1. The van der Waals surface area contributed by atoms with Crippen LogP contribution in [0.25, 0.3) is 0 Å². The van der Waals surface area contributed by atoms with Crippen molar-refractivity contribution in [3.63, 3.8) is 0 Å². The summed E-state index contributed by atoms with van der Waals surface area (Å²) in [5.41, 5.74) is 0.361. The summed E-state index contributed by atoms with van der Waals surface area (Å²) in [6, 6.07) is 5.83. The minimum Gasteiger partial charge on any atom is -0.464 e. The molecule has 0 unspecified atom stereocenters. The average Bonchev–Trinajstić information content (AvgIpc) is 2.62. The highest BCUT2D eigenvalue weighted by Gasteiger charge is 2.19. The molecular weight excluding hydrogens is 230 g/mol. The number of rotatable bonds is 2. The third kappa shape index (κ3) is 2.79. The zero-order chi connectivity index (χ0) is 13.0. The molecule has 2 heterocycles. The van der Waals surface area contributed by atoms with Crippen LogP contribution in [0.3, 0.4) is 0 Å². The standard InChI is InChI=1S/C13H19N3O2/c1-10-9-14-7-4-8-16(10)12-6-3-5-11(15-12)13(17)18-2/h3,5-6,10,14H,4,7-9H2,1-2H3/t10-/m0/s1. The number of aromatic nitrogens is 1. The first kappa shape index (κ1) is 12.8. The minimum absolute atomic E-state index is 0.361. The maximum absolute atomic E-state index is 11.5. The monoisotopic (exact) mass is 249 g/mol. The molecule has 0 aromatic carbocycles. The summed E-state index contributed by atoms with van der Waals surface area (Å²) in [6.45, 7) is 5.07. The number of anilines is 1. The first-order chi connectivity index (χ1) is 8.72. The van der Waals surface area contributed by atoms with Crippen LogP contribution in [0.1, 0.15) is 23.8 Å². The normalized spacial score (nSPS) is 20.3. The van der Waals surface area contributed by atoms with E-state index in [2.05, 4.69) is 22.1 Å². The van der Waals surface area contributed by atoms with E-state index >= 15 is 0 Å². The quantitative estimate of drug-likeness (QED) is 0.794. The molecule has 1 aliphatic heterocycles. The van der Waals surface area contributed by atoms with E-state index in [1.165, 1.54) is 7.11 Å². The molecule has 0 saturated carbocycles. The van der Waals surface area contributed by atoms with Gasteiger partial charge in [-0.3, -0.25) is 0 Å². The molecule has 1 aliphatic rings. The Morgan fingerprint density at radius 1 is 1.56 bits per heavy atom. The average molecular weight is 249 g/mol. The molecule has 1 saturated heterocycles. The van der Waals surface area contributed by atoms with Gasteiger partial charge in [0.15, 0.2) is 5.69 Å². The molecule has 98 valence electrons. The number of hydrogen-bond donors (Lipinski definition) is 1. The van der Waals surface area contributed by atoms with Gasteiger partial charge in [0.1, 0.15) is 5.82 Å². The van der Waals surface area contributed by atoms with Gasteiger partial charge in [0, 0.05) is 19.1 Å². The lowest BCUT2D eigenvalue weighted by Crippen LogP contribution is -2.38. The van der Waals surface area contributed by atoms with Crippen LogP contribution in [-0.4, -0.2) is 43.7 Å². The maximum Gasteiger partial charge on any atom is 0.356 e. The highest BCUT2D eigenvalue weighted by atomic mass is 16.5. The SMILES string of the molecule is COC(=O)c1cccc(N2CCCNC[C@@H]2C)n1. The number of methoxy groups -OCH3 is 1. The Morgan fingerprint density at radius 3 is 3.17 bits per heavy atom. The van der Waals surface area contributed by atoms with Crippen molar-refractivity contribution in [1.29, 1.82) is 0 Å². The van der Waals surface area contributed by atoms with E-state index in [4.69, 9.17) is 4.74 Å². The lowest BCUT2D eigenvalue weighted by atomic mass is 10.2. The van der Waals surface area contributed by atoms with Gasteiger partial charge in [0.2, 0.25) is 0 Å². The number of nitrogens with zero attached hydrogens (tertiary/aromatic N) is 2. The Hall–Kier alpha value is -1.62. The number of hydrogen-bond acceptors (Lipinski definition) is 5. The van der Waals surface area contributed by atoms with Crippen molar-refractivity contribution in [3.05, 3.63) is 23.9 Å². The van der Waals surface area contributed by atoms with E-state index in [0.29, 0.717) is 11.7 Å². The Kier molecular flexibility index (Phi) is 4.15. The Bertz CT molecular complexity index is 422. The molecule has 18 heavy (non-hydrogen) atoms. The Balaban J connectivity index is 2.23. The van der Waals surface area contributed by atoms with Gasteiger partial charge in [0.05, 0.1) is 7.11 Å². The van der Waals surface area contributed by atoms with Crippen molar-refractivity contribution in [1.82, 2.24) is 10.3 Å². The van der Waals surface area contributed by atoms with Gasteiger partial charge in [0.25, 0.3) is 0 Å². The molecule has 5 nitrogen and oxygen atoms in total. The second-order valence-electron chi connectivity index (χ2n) is 4.47. The third-order valence-electron chi connectivity index (χ3n) is 3.15. The van der Waals surface area contributed by atoms with Gasteiger partial charge in [-0.25, -0.2) is 9.78 Å². The molecule has 1 fully saturated rings. The minimum atomic E-state index is -0.391. The summed E-state index contributed by atoms with van der Waals surface area (Å²) in [5, 5.41) is 3.38. The van der Waals surface area contributed by atoms with Crippen LogP contribution < -0.4 is 10.2 Å². The molecule has 1 atom stereocenters. The fourth-order valence-corrected chi connectivity index (χ4v) is 2.16. The summed E-state index contributed by atoms with van der Waals surface area (Å²) in [5.74, 6) is 0.451. The van der Waals surface area contributed by atoms with Crippen LogP contribution in [0.15, 0.2) is 18.2 Å². The van der Waals surface area contributed by atoms with Gasteiger partial charge in [-0.05, 0) is 32.0 Å². The number of pyridine rings is 1. The Morgan fingerprint density at radius 2 is 2.39 bits per heavy atom. The second kappa shape index (κ2) is 5.82. The topological polar surface area (TPSA) is 54.5 Å². The van der Waals surface area contributed by atoms with Crippen molar-refractivity contribution in [2.24, 2.45) is 0 Å². The van der Waals surface area contributed by atoms with Gasteiger partial charge < -0.3 is 15.0 Å². The van der Waals surface area contributed by atoms with Crippen molar-refractivity contribution >= 4 is 11.8 Å². The van der Waals surface area contributed by atoms with Crippen molar-refractivity contribution in [2.75, 3.05) is 31.6 Å². The van der Waals surface area contributed by atoms with E-state index in [1.807, 2.05) is 12.1 Å². The molecule has 0 spiro atoms. The molecule has 1 N–H and O–H groups in total. The fraction of sp³-hybridized carbons (Fsp3) is 0.538. The van der Waals surface area contributed by atoms with Gasteiger partial charge >= 0.3 is 5.97 Å². The smallest absolute Gasteiger partial charge is 0.356 e. The molecule has 5 heteroatoms. The zero-order valence-corrected chi connectivity index (χ0v) is 10.8. The Labute approximate surface area is 107 Å². The third-order valence-corrected chi connectivity index (χ3v) is 3.15. The molecule has 0 bridgehead atoms. The molecule has 1 aromatic rings. The van der Waals surface area contributed by atoms with Crippen LogP contribution in [0.4, 0.5) is 5.82 Å². The van der Waals surface area contributed by atoms with E-state index in [1.54, 1.807) is 6.07 Å². The lowest BCUT2D eigenvalue weighted by Gasteiger charge is -2.28. The molecule has 0 radical (unpaired) electrons. The number of ether oxygens (including phenoxy) is 1. The first-order valence-electron chi connectivity index (χ1n) is 6.25. The zero-order valence-electron chi connectivity index (χ0n) is 10.8. The van der Waals surface area contributed by atoms with Crippen LogP contribution >= 0.6 is 0 Å². The highest BCUT2D eigenvalue weighted by Crippen LogP contribution is 2.16. The number of nitrogens with one attached hydrogen (secondary N) is 1. The van der Waals surface area contributed by atoms with E-state index < -0.39 is 5.97 Å². The first-order valence-corrected chi connectivity index (χ1v) is 6.25. The molecule has 0 amide bonds. The summed E-state index contributed by atoms with van der Waals surface area (Å²) in [7, 11) is 1.37. The number of carbonyl (C=O) groups is 1. The number of esters is 1. The molecule has 2 rings (SSSR count). The van der Waals surface area contributed by atoms with Gasteiger partial charge in [-0.15, -0.1) is 0 Å². The summed E-state index contributed by atoms with van der Waals surface area (Å²) in [4.78, 5) is 18.1. The molecule has 0 aliphatic carbocycles. The summed E-state index contributed by atoms with van der Waals surface area (Å²) in [6.07, 6.45) is 1.08. The molecule has 1 aromatic heterocycles. The summed E-state index contributed by atoms with van der Waals surface area (Å²) >= 11 is 0. The van der Waals surface area contributed by atoms with Gasteiger partial charge in [-0.1, -0.05) is 6.07 Å². The van der Waals surface area contributed by atoms with Crippen LogP contribution in [0.2, 0.25) is 0 Å². The predicted molar refractivity (Wildman–Crippen MR) is 69.9 cm³/mol. The van der Waals surface area contributed by atoms with Gasteiger partial charge in [-0.2, -0.15) is 0 Å². The van der Waals surface area contributed by atoms with Crippen molar-refractivity contribution < 1.29 is 9.53 Å². The lowest BCUT2D eigenvalue weighted by molar-refractivity contribution is 0.0594. The summed E-state index contributed by atoms with van der Waals surface area (Å²) < 4.78 is 4.70. The highest BCUT2D eigenvalue weighted by molar-refractivity contribution is 5.87. The molecular formula is C13H19N3O2. The van der Waals surface area contributed by atoms with E-state index in [9.17, 15) is 4.79 Å². The van der Waals surface area contributed by atoms with E-state index in [0.717, 1.165) is 31.9 Å².